The highest BCUT2D eigenvalue weighted by molar-refractivity contribution is 8.15. The summed E-state index contributed by atoms with van der Waals surface area (Å²) in [6, 6.07) is 10.2. The van der Waals surface area contributed by atoms with Gasteiger partial charge in [-0.05, 0) is 77.0 Å². The van der Waals surface area contributed by atoms with Gasteiger partial charge in [-0.1, -0.05) is 57.7 Å². The van der Waals surface area contributed by atoms with E-state index in [9.17, 15) is 14.7 Å². The second-order valence-electron chi connectivity index (χ2n) is 9.92. The van der Waals surface area contributed by atoms with Crippen LogP contribution in [0.4, 0.5) is 4.79 Å². The number of rotatable bonds is 3. The number of hydrogen-bond donors (Lipinski definition) is 2. The zero-order chi connectivity index (χ0) is 21.8. The molecule has 0 radical (unpaired) electrons. The largest absolute Gasteiger partial charge is 0.507 e. The standard InChI is InChI=1S/C25H29NO3S/c1-14-10-18-19(25(4,5)9-8-24(18,2)3)13-17(14)16-7-6-15(11-20(16)27)12-21-22(28)26-23(29)30-21/h6-7,10-11,13,21,27H,8-9,12H2,1-5H3,(H,26,28,29). The van der Waals surface area contributed by atoms with Crippen LogP contribution in [0.15, 0.2) is 30.3 Å². The molecule has 5 heteroatoms. The molecule has 1 aliphatic carbocycles. The summed E-state index contributed by atoms with van der Waals surface area (Å²) in [6.07, 6.45) is 2.72. The molecule has 2 aromatic rings. The predicted molar refractivity (Wildman–Crippen MR) is 122 cm³/mol. The molecular weight excluding hydrogens is 394 g/mol. The van der Waals surface area contributed by atoms with Gasteiger partial charge in [-0.15, -0.1) is 0 Å². The fourth-order valence-corrected chi connectivity index (χ4v) is 5.55. The van der Waals surface area contributed by atoms with Crippen LogP contribution in [0.2, 0.25) is 0 Å². The van der Waals surface area contributed by atoms with E-state index in [1.807, 2.05) is 12.1 Å². The summed E-state index contributed by atoms with van der Waals surface area (Å²) in [6.45, 7) is 11.3. The fraction of sp³-hybridized carbons (Fsp3) is 0.440. The first-order valence-corrected chi connectivity index (χ1v) is 11.4. The summed E-state index contributed by atoms with van der Waals surface area (Å²) < 4.78 is 0. The Balaban J connectivity index is 1.71. The van der Waals surface area contributed by atoms with Crippen LogP contribution in [-0.4, -0.2) is 21.5 Å². The van der Waals surface area contributed by atoms with Crippen LogP contribution in [0, 0.1) is 6.92 Å². The van der Waals surface area contributed by atoms with Gasteiger partial charge in [0, 0.05) is 5.56 Å². The van der Waals surface area contributed by atoms with E-state index in [0.717, 1.165) is 40.4 Å². The van der Waals surface area contributed by atoms with Gasteiger partial charge < -0.3 is 5.11 Å². The van der Waals surface area contributed by atoms with Crippen molar-refractivity contribution < 1.29 is 14.7 Å². The maximum Gasteiger partial charge on any atom is 0.286 e. The minimum atomic E-state index is -0.434. The minimum Gasteiger partial charge on any atom is -0.507 e. The zero-order valence-corrected chi connectivity index (χ0v) is 19.1. The Morgan fingerprint density at radius 3 is 2.20 bits per heavy atom. The van der Waals surface area contributed by atoms with Crippen molar-refractivity contribution in [3.05, 3.63) is 52.6 Å². The molecule has 0 bridgehead atoms. The van der Waals surface area contributed by atoms with Crippen LogP contribution in [-0.2, 0) is 22.0 Å². The molecule has 1 heterocycles. The number of nitrogens with one attached hydrogen (secondary N) is 1. The number of aromatic hydroxyl groups is 1. The molecule has 2 amide bonds. The minimum absolute atomic E-state index is 0.0997. The van der Waals surface area contributed by atoms with Crippen molar-refractivity contribution in [1.82, 2.24) is 5.32 Å². The Hall–Kier alpha value is -2.27. The Bertz CT molecular complexity index is 1050. The van der Waals surface area contributed by atoms with Crippen LogP contribution in [0.3, 0.4) is 0 Å². The predicted octanol–water partition coefficient (Wildman–Crippen LogP) is 5.61. The summed E-state index contributed by atoms with van der Waals surface area (Å²) in [7, 11) is 0. The molecule has 0 spiro atoms. The van der Waals surface area contributed by atoms with Crippen LogP contribution >= 0.6 is 11.8 Å². The van der Waals surface area contributed by atoms with E-state index in [1.54, 1.807) is 6.07 Å². The third kappa shape index (κ3) is 3.64. The number of imide groups is 1. The monoisotopic (exact) mass is 423 g/mol. The van der Waals surface area contributed by atoms with Gasteiger partial charge in [-0.2, -0.15) is 0 Å². The number of hydrogen-bond acceptors (Lipinski definition) is 4. The molecule has 1 atom stereocenters. The third-order valence-electron chi connectivity index (χ3n) is 6.74. The van der Waals surface area contributed by atoms with Crippen LogP contribution in [0.1, 0.15) is 62.8 Å². The molecule has 2 N–H and O–H groups in total. The number of aryl methyl sites for hydroxylation is 1. The molecule has 1 fully saturated rings. The number of benzene rings is 2. The summed E-state index contributed by atoms with van der Waals surface area (Å²) in [5, 5.41) is 12.4. The molecule has 4 nitrogen and oxygen atoms in total. The Morgan fingerprint density at radius 1 is 1.00 bits per heavy atom. The van der Waals surface area contributed by atoms with Gasteiger partial charge in [0.1, 0.15) is 5.75 Å². The van der Waals surface area contributed by atoms with Gasteiger partial charge in [-0.25, -0.2) is 0 Å². The Labute approximate surface area is 182 Å². The first-order valence-electron chi connectivity index (χ1n) is 10.5. The average Bonchev–Trinajstić information content (AvgIpc) is 2.96. The highest BCUT2D eigenvalue weighted by Gasteiger charge is 2.37. The quantitative estimate of drug-likeness (QED) is 0.673. The molecule has 0 aromatic heterocycles. The van der Waals surface area contributed by atoms with Crippen molar-refractivity contribution in [3.8, 4) is 16.9 Å². The van der Waals surface area contributed by atoms with E-state index in [2.05, 4.69) is 52.1 Å². The first kappa shape index (κ1) is 21.0. The van der Waals surface area contributed by atoms with Crippen molar-refractivity contribution >= 4 is 22.9 Å². The summed E-state index contributed by atoms with van der Waals surface area (Å²) >= 11 is 1.01. The molecule has 0 saturated carbocycles. The zero-order valence-electron chi connectivity index (χ0n) is 18.3. The molecule has 30 heavy (non-hydrogen) atoms. The smallest absolute Gasteiger partial charge is 0.286 e. The number of thioether (sulfide) groups is 1. The molecule has 2 aliphatic rings. The van der Waals surface area contributed by atoms with E-state index in [4.69, 9.17) is 0 Å². The topological polar surface area (TPSA) is 66.4 Å². The van der Waals surface area contributed by atoms with Crippen LogP contribution in [0.25, 0.3) is 11.1 Å². The molecule has 1 saturated heterocycles. The number of phenolic OH excluding ortho intramolecular Hbond substituents is 1. The maximum absolute atomic E-state index is 11.8. The van der Waals surface area contributed by atoms with E-state index < -0.39 is 5.25 Å². The van der Waals surface area contributed by atoms with Crippen LogP contribution < -0.4 is 5.32 Å². The number of fused-ring (bicyclic) bond motifs is 1. The number of carbonyl (C=O) groups is 2. The molecule has 1 aliphatic heterocycles. The maximum atomic E-state index is 11.8. The summed E-state index contributed by atoms with van der Waals surface area (Å²) in [4.78, 5) is 23.2. The van der Waals surface area contributed by atoms with Gasteiger partial charge in [0.05, 0.1) is 5.25 Å². The lowest BCUT2D eigenvalue weighted by Crippen LogP contribution is -2.34. The van der Waals surface area contributed by atoms with Crippen molar-refractivity contribution in [1.29, 1.82) is 0 Å². The second-order valence-corrected chi connectivity index (χ2v) is 11.1. The van der Waals surface area contributed by atoms with Gasteiger partial charge in [-0.3, -0.25) is 14.9 Å². The summed E-state index contributed by atoms with van der Waals surface area (Å²) in [5.74, 6) is -0.0536. The molecular formula is C25H29NO3S. The first-order chi connectivity index (χ1) is 14.0. The Kier molecular flexibility index (Phi) is 5.00. The van der Waals surface area contributed by atoms with Crippen molar-refractivity contribution in [2.45, 2.75) is 70.0 Å². The van der Waals surface area contributed by atoms with Gasteiger partial charge in [0.2, 0.25) is 5.91 Å². The summed E-state index contributed by atoms with van der Waals surface area (Å²) in [5.41, 5.74) is 6.86. The van der Waals surface area contributed by atoms with E-state index in [0.29, 0.717) is 6.42 Å². The highest BCUT2D eigenvalue weighted by atomic mass is 32.2. The molecule has 158 valence electrons. The van der Waals surface area contributed by atoms with Crippen molar-refractivity contribution in [2.24, 2.45) is 0 Å². The lowest BCUT2D eigenvalue weighted by Gasteiger charge is -2.42. The number of carbonyl (C=O) groups excluding carboxylic acids is 2. The van der Waals surface area contributed by atoms with E-state index in [1.165, 1.54) is 17.5 Å². The number of amides is 2. The molecule has 2 aromatic carbocycles. The lowest BCUT2D eigenvalue weighted by atomic mass is 9.62. The lowest BCUT2D eigenvalue weighted by molar-refractivity contribution is -0.118. The van der Waals surface area contributed by atoms with Crippen LogP contribution in [0.5, 0.6) is 5.75 Å². The third-order valence-corrected chi connectivity index (χ3v) is 7.72. The number of phenols is 1. The van der Waals surface area contributed by atoms with Gasteiger partial charge >= 0.3 is 0 Å². The van der Waals surface area contributed by atoms with Gasteiger partial charge in [0.15, 0.2) is 0 Å². The average molecular weight is 424 g/mol. The van der Waals surface area contributed by atoms with Crippen molar-refractivity contribution in [3.63, 3.8) is 0 Å². The van der Waals surface area contributed by atoms with Crippen molar-refractivity contribution in [2.75, 3.05) is 0 Å². The SMILES string of the molecule is Cc1cc2c(cc1-c1ccc(CC3SC(=O)NC3=O)cc1O)C(C)(C)CCC2(C)C. The second kappa shape index (κ2) is 7.16. The van der Waals surface area contributed by atoms with Gasteiger partial charge in [0.25, 0.3) is 5.24 Å². The van der Waals surface area contributed by atoms with E-state index in [-0.39, 0.29) is 27.7 Å². The molecule has 4 rings (SSSR count). The molecule has 1 unspecified atom stereocenters. The highest BCUT2D eigenvalue weighted by Crippen LogP contribution is 2.48. The fourth-order valence-electron chi connectivity index (χ4n) is 4.69. The Morgan fingerprint density at radius 2 is 1.63 bits per heavy atom. The van der Waals surface area contributed by atoms with E-state index >= 15 is 0 Å². The normalized spacial score (nSPS) is 22.0.